The number of carbonyl (C=O) groups excluding carboxylic acids is 1. The molecule has 8 nitrogen and oxygen atoms in total. The van der Waals surface area contributed by atoms with Crippen molar-refractivity contribution >= 4 is 23.5 Å². The van der Waals surface area contributed by atoms with E-state index in [4.69, 9.17) is 4.74 Å². The van der Waals surface area contributed by atoms with E-state index in [0.717, 1.165) is 11.1 Å². The van der Waals surface area contributed by atoms with Gasteiger partial charge >= 0.3 is 6.18 Å². The van der Waals surface area contributed by atoms with E-state index >= 15 is 0 Å². The zero-order chi connectivity index (χ0) is 24.1. The third kappa shape index (κ3) is 5.91. The summed E-state index contributed by atoms with van der Waals surface area (Å²) in [5, 5.41) is 5.68. The van der Waals surface area contributed by atoms with Crippen molar-refractivity contribution in [3.05, 3.63) is 65.5 Å². The Morgan fingerprint density at radius 2 is 2.00 bits per heavy atom. The number of carbonyl (C=O) groups is 1. The summed E-state index contributed by atoms with van der Waals surface area (Å²) in [4.78, 5) is 26.8. The third-order valence-corrected chi connectivity index (χ3v) is 5.29. The van der Waals surface area contributed by atoms with Gasteiger partial charge in [-0.15, -0.1) is 0 Å². The fourth-order valence-electron chi connectivity index (χ4n) is 3.59. The molecule has 2 heterocycles. The van der Waals surface area contributed by atoms with Crippen molar-refractivity contribution in [3.8, 4) is 5.75 Å². The van der Waals surface area contributed by atoms with E-state index in [1.807, 2.05) is 11.0 Å². The maximum Gasteiger partial charge on any atom is 0.392 e. The maximum atomic E-state index is 12.3. The zero-order valence-corrected chi connectivity index (χ0v) is 18.4. The molecule has 0 saturated carbocycles. The minimum atomic E-state index is -4.24. The van der Waals surface area contributed by atoms with E-state index in [-0.39, 0.29) is 5.91 Å². The molecule has 0 saturated heterocycles. The molecular formula is C23H23F3N6O2. The molecular weight excluding hydrogens is 449 g/mol. The molecule has 2 N–H and O–H groups in total. The van der Waals surface area contributed by atoms with Gasteiger partial charge in [0.05, 0.1) is 13.0 Å². The Morgan fingerprint density at radius 3 is 2.79 bits per heavy atom. The summed E-state index contributed by atoms with van der Waals surface area (Å²) in [6, 6.07) is 12.3. The van der Waals surface area contributed by atoms with Gasteiger partial charge in [0, 0.05) is 31.4 Å². The van der Waals surface area contributed by atoms with Crippen LogP contribution in [0.15, 0.2) is 48.8 Å². The number of nitrogens with one attached hydrogen (secondary N) is 2. The Bertz CT molecular complexity index is 1170. The van der Waals surface area contributed by atoms with Gasteiger partial charge in [0.25, 0.3) is 5.91 Å². The summed E-state index contributed by atoms with van der Waals surface area (Å²) in [6.45, 7) is 0.781. The van der Waals surface area contributed by atoms with Crippen LogP contribution in [-0.2, 0) is 13.0 Å². The Balaban J connectivity index is 1.42. The van der Waals surface area contributed by atoms with Crippen LogP contribution in [0.2, 0.25) is 0 Å². The summed E-state index contributed by atoms with van der Waals surface area (Å²) in [5.74, 6) is 1.08. The topological polar surface area (TPSA) is 92.3 Å². The summed E-state index contributed by atoms with van der Waals surface area (Å²) in [5.41, 5.74) is 3.23. The highest BCUT2D eigenvalue weighted by Gasteiger charge is 2.27. The van der Waals surface area contributed by atoms with Crippen LogP contribution in [0.4, 0.5) is 30.8 Å². The molecule has 1 amide bonds. The Hall–Kier alpha value is -3.89. The first-order chi connectivity index (χ1) is 16.3. The number of hydrogen-bond donors (Lipinski definition) is 2. The smallest absolute Gasteiger partial charge is 0.392 e. The monoisotopic (exact) mass is 472 g/mol. The van der Waals surface area contributed by atoms with Crippen molar-refractivity contribution in [2.45, 2.75) is 25.6 Å². The van der Waals surface area contributed by atoms with Crippen LogP contribution >= 0.6 is 0 Å². The van der Waals surface area contributed by atoms with Crippen LogP contribution in [0, 0.1) is 0 Å². The predicted molar refractivity (Wildman–Crippen MR) is 120 cm³/mol. The number of hydrogen-bond acceptors (Lipinski definition) is 7. The summed E-state index contributed by atoms with van der Waals surface area (Å²) in [7, 11) is 1.57. The normalized spacial score (nSPS) is 13.2. The van der Waals surface area contributed by atoms with E-state index in [9.17, 15) is 18.0 Å². The van der Waals surface area contributed by atoms with Gasteiger partial charge in [-0.2, -0.15) is 18.2 Å². The highest BCUT2D eigenvalue weighted by molar-refractivity contribution is 5.95. The molecule has 0 unspecified atom stereocenters. The lowest BCUT2D eigenvalue weighted by Gasteiger charge is -2.29. The van der Waals surface area contributed by atoms with Crippen LogP contribution in [0.1, 0.15) is 27.9 Å². The van der Waals surface area contributed by atoms with Gasteiger partial charge in [-0.05, 0) is 47.9 Å². The van der Waals surface area contributed by atoms with E-state index in [1.54, 1.807) is 43.4 Å². The minimum Gasteiger partial charge on any atom is -0.493 e. The number of ether oxygens (including phenoxy) is 1. The van der Waals surface area contributed by atoms with Gasteiger partial charge in [0.15, 0.2) is 0 Å². The van der Waals surface area contributed by atoms with Crippen LogP contribution in [0.25, 0.3) is 0 Å². The lowest BCUT2D eigenvalue weighted by molar-refractivity contribution is -0.139. The van der Waals surface area contributed by atoms with Gasteiger partial charge in [0.2, 0.25) is 11.9 Å². The Labute approximate surface area is 194 Å². The van der Waals surface area contributed by atoms with Crippen molar-refractivity contribution in [1.29, 1.82) is 0 Å². The molecule has 0 fully saturated rings. The van der Waals surface area contributed by atoms with Crippen molar-refractivity contribution in [1.82, 2.24) is 20.3 Å². The Morgan fingerprint density at radius 1 is 1.15 bits per heavy atom. The minimum absolute atomic E-state index is 0.194. The summed E-state index contributed by atoms with van der Waals surface area (Å²) in [6.07, 6.45) is -3.13. The molecule has 1 aromatic heterocycles. The van der Waals surface area contributed by atoms with Gasteiger partial charge in [-0.25, -0.2) is 9.97 Å². The number of benzene rings is 2. The summed E-state index contributed by atoms with van der Waals surface area (Å²) >= 11 is 0. The highest BCUT2D eigenvalue weighted by atomic mass is 19.4. The lowest BCUT2D eigenvalue weighted by atomic mass is 10.00. The van der Waals surface area contributed by atoms with Gasteiger partial charge < -0.3 is 20.3 Å². The second-order valence-electron chi connectivity index (χ2n) is 7.71. The third-order valence-electron chi connectivity index (χ3n) is 5.29. The quantitative estimate of drug-likeness (QED) is 0.539. The predicted octanol–water partition coefficient (Wildman–Crippen LogP) is 3.87. The first-order valence-corrected chi connectivity index (χ1v) is 10.7. The van der Waals surface area contributed by atoms with Gasteiger partial charge in [0.1, 0.15) is 12.1 Å². The van der Waals surface area contributed by atoms with E-state index in [1.165, 1.54) is 6.33 Å². The molecule has 2 aromatic carbocycles. The van der Waals surface area contributed by atoms with Crippen LogP contribution in [0.5, 0.6) is 5.75 Å². The standard InChI is InChI=1S/C23H23F3N6O2/c1-27-20(33)16-3-2-4-18(11-16)30-21-28-14-29-22(31-21)32-9-7-15-12-19(6-5-17(15)13-32)34-10-8-23(24,25)26/h2-6,11-12,14H,7-10,13H2,1H3,(H,27,33)(H,28,29,30,31). The first-order valence-electron chi connectivity index (χ1n) is 10.7. The fraction of sp³-hybridized carbons (Fsp3) is 0.304. The van der Waals surface area contributed by atoms with E-state index in [2.05, 4.69) is 25.6 Å². The molecule has 0 atom stereocenters. The molecule has 0 bridgehead atoms. The van der Waals surface area contributed by atoms with Crippen molar-refractivity contribution in [3.63, 3.8) is 0 Å². The van der Waals surface area contributed by atoms with E-state index < -0.39 is 19.2 Å². The van der Waals surface area contributed by atoms with Gasteiger partial charge in [-0.3, -0.25) is 4.79 Å². The number of anilines is 3. The van der Waals surface area contributed by atoms with Crippen LogP contribution < -0.4 is 20.3 Å². The average molecular weight is 472 g/mol. The molecule has 11 heteroatoms. The first kappa shape index (κ1) is 23.3. The number of alkyl halides is 3. The number of fused-ring (bicyclic) bond motifs is 1. The second kappa shape index (κ2) is 9.94. The molecule has 1 aliphatic heterocycles. The number of halogens is 3. The zero-order valence-electron chi connectivity index (χ0n) is 18.4. The van der Waals surface area contributed by atoms with Crippen molar-refractivity contribution in [2.75, 3.05) is 30.4 Å². The Kier molecular flexibility index (Phi) is 6.80. The van der Waals surface area contributed by atoms with Crippen LogP contribution in [0.3, 0.4) is 0 Å². The second-order valence-corrected chi connectivity index (χ2v) is 7.71. The molecule has 0 spiro atoms. The molecule has 0 aliphatic carbocycles. The van der Waals surface area contributed by atoms with Crippen LogP contribution in [-0.4, -0.2) is 47.2 Å². The van der Waals surface area contributed by atoms with E-state index in [0.29, 0.717) is 48.4 Å². The number of amides is 1. The SMILES string of the molecule is CNC(=O)c1cccc(Nc2ncnc(N3CCc4cc(OCCC(F)(F)F)ccc4C3)n2)c1. The highest BCUT2D eigenvalue weighted by Crippen LogP contribution is 2.27. The molecule has 0 radical (unpaired) electrons. The lowest BCUT2D eigenvalue weighted by Crippen LogP contribution is -2.32. The fourth-order valence-corrected chi connectivity index (χ4v) is 3.59. The number of nitrogens with zero attached hydrogens (tertiary/aromatic N) is 4. The molecule has 3 aromatic rings. The number of rotatable bonds is 7. The maximum absolute atomic E-state index is 12.3. The van der Waals surface area contributed by atoms with Gasteiger partial charge in [-0.1, -0.05) is 12.1 Å². The summed E-state index contributed by atoms with van der Waals surface area (Å²) < 4.78 is 42.2. The molecule has 1 aliphatic rings. The molecule has 4 rings (SSSR count). The largest absolute Gasteiger partial charge is 0.493 e. The number of aromatic nitrogens is 3. The van der Waals surface area contributed by atoms with Crippen molar-refractivity contribution < 1.29 is 22.7 Å². The average Bonchev–Trinajstić information content (AvgIpc) is 2.83. The molecule has 34 heavy (non-hydrogen) atoms. The van der Waals surface area contributed by atoms with Crippen molar-refractivity contribution in [2.24, 2.45) is 0 Å². The molecule has 178 valence electrons.